The molecular formula is C30H27BrCl2N2O7. The molecule has 1 saturated carbocycles. The van der Waals surface area contributed by atoms with Crippen LogP contribution in [0.1, 0.15) is 29.9 Å². The van der Waals surface area contributed by atoms with Crippen molar-refractivity contribution in [3.05, 3.63) is 65.2 Å². The SMILES string of the molecule is COc1cc(O)cc(OC)c1C1C2=CCC3C(=O)N(Cc4ccccc4)C(=O)C3C2CC2(Cl)C(=O)N(CBr)C(=O)C12Cl. The lowest BCUT2D eigenvalue weighted by molar-refractivity contribution is -0.141. The third-order valence-electron chi connectivity index (χ3n) is 9.11. The quantitative estimate of drug-likeness (QED) is 0.210. The summed E-state index contributed by atoms with van der Waals surface area (Å²) in [7, 11) is 2.79. The molecule has 42 heavy (non-hydrogen) atoms. The zero-order valence-corrected chi connectivity index (χ0v) is 25.8. The highest BCUT2D eigenvalue weighted by Crippen LogP contribution is 2.67. The number of hydrogen-bond donors (Lipinski definition) is 1. The molecule has 9 nitrogen and oxygen atoms in total. The molecule has 0 aromatic heterocycles. The highest BCUT2D eigenvalue weighted by Gasteiger charge is 2.76. The minimum atomic E-state index is -2.03. The number of methoxy groups -OCH3 is 2. The van der Waals surface area contributed by atoms with E-state index in [1.165, 1.54) is 31.3 Å². The van der Waals surface area contributed by atoms with Crippen LogP contribution in [0.3, 0.4) is 0 Å². The van der Waals surface area contributed by atoms with Gasteiger partial charge in [-0.25, -0.2) is 0 Å². The van der Waals surface area contributed by atoms with Gasteiger partial charge in [-0.1, -0.05) is 57.9 Å². The molecule has 2 aliphatic carbocycles. The molecule has 0 spiro atoms. The molecule has 220 valence electrons. The van der Waals surface area contributed by atoms with Crippen LogP contribution in [0.25, 0.3) is 0 Å². The summed E-state index contributed by atoms with van der Waals surface area (Å²) in [5.41, 5.74) is 1.58. The van der Waals surface area contributed by atoms with Crippen molar-refractivity contribution in [1.82, 2.24) is 9.80 Å². The molecule has 4 amide bonds. The van der Waals surface area contributed by atoms with Crippen molar-refractivity contribution in [3.63, 3.8) is 0 Å². The molecule has 6 atom stereocenters. The molecule has 6 unspecified atom stereocenters. The number of fused-ring (bicyclic) bond motifs is 4. The number of aromatic hydroxyl groups is 1. The summed E-state index contributed by atoms with van der Waals surface area (Å²) in [5.74, 6) is -5.11. The topological polar surface area (TPSA) is 113 Å². The van der Waals surface area contributed by atoms with Crippen LogP contribution < -0.4 is 9.47 Å². The molecule has 2 aromatic rings. The maximum absolute atomic E-state index is 14.0. The van der Waals surface area contributed by atoms with Gasteiger partial charge in [0.05, 0.1) is 38.1 Å². The van der Waals surface area contributed by atoms with Gasteiger partial charge < -0.3 is 14.6 Å². The number of carbonyl (C=O) groups excluding carboxylic acids is 4. The minimum Gasteiger partial charge on any atom is -0.508 e. The number of phenols is 1. The summed E-state index contributed by atoms with van der Waals surface area (Å²) in [6, 6.07) is 12.0. The van der Waals surface area contributed by atoms with Crippen molar-refractivity contribution in [2.75, 3.05) is 19.7 Å². The second-order valence-electron chi connectivity index (χ2n) is 11.0. The van der Waals surface area contributed by atoms with Gasteiger partial charge in [0, 0.05) is 23.6 Å². The van der Waals surface area contributed by atoms with Crippen LogP contribution >= 0.6 is 39.1 Å². The number of benzene rings is 2. The van der Waals surface area contributed by atoms with Crippen molar-refractivity contribution in [1.29, 1.82) is 0 Å². The fraction of sp³-hybridized carbons (Fsp3) is 0.400. The second kappa shape index (κ2) is 10.3. The Hall–Kier alpha value is -3.08. The van der Waals surface area contributed by atoms with Crippen molar-refractivity contribution >= 4 is 62.8 Å². The van der Waals surface area contributed by atoms with Crippen LogP contribution in [-0.2, 0) is 25.7 Å². The Morgan fingerprint density at radius 3 is 2.19 bits per heavy atom. The van der Waals surface area contributed by atoms with E-state index in [-0.39, 0.29) is 53.9 Å². The van der Waals surface area contributed by atoms with Gasteiger partial charge in [0.15, 0.2) is 9.75 Å². The van der Waals surface area contributed by atoms with Gasteiger partial charge in [-0.2, -0.15) is 0 Å². The van der Waals surface area contributed by atoms with E-state index in [9.17, 15) is 24.3 Å². The first-order valence-corrected chi connectivity index (χ1v) is 15.2. The second-order valence-corrected chi connectivity index (χ2v) is 12.7. The monoisotopic (exact) mass is 676 g/mol. The van der Waals surface area contributed by atoms with E-state index in [1.54, 1.807) is 0 Å². The number of allylic oxidation sites excluding steroid dienone is 2. The van der Waals surface area contributed by atoms with E-state index in [0.717, 1.165) is 10.5 Å². The molecule has 2 aliphatic heterocycles. The van der Waals surface area contributed by atoms with Crippen LogP contribution in [0.4, 0.5) is 0 Å². The molecule has 12 heteroatoms. The number of carbonyl (C=O) groups is 4. The smallest absolute Gasteiger partial charge is 0.254 e. The number of imide groups is 2. The summed E-state index contributed by atoms with van der Waals surface area (Å²) >= 11 is 17.8. The van der Waals surface area contributed by atoms with Gasteiger partial charge in [-0.05, 0) is 24.3 Å². The van der Waals surface area contributed by atoms with E-state index < -0.39 is 45.2 Å². The van der Waals surface area contributed by atoms with Crippen LogP contribution in [-0.4, -0.2) is 68.0 Å². The van der Waals surface area contributed by atoms with Crippen molar-refractivity contribution in [3.8, 4) is 17.2 Å². The number of likely N-dealkylation sites (tertiary alicyclic amines) is 2. The number of halogens is 3. The highest BCUT2D eigenvalue weighted by atomic mass is 79.9. The first-order valence-electron chi connectivity index (χ1n) is 13.4. The fourth-order valence-corrected chi connectivity index (χ4v) is 8.68. The Kier molecular flexibility index (Phi) is 7.10. The van der Waals surface area contributed by atoms with Gasteiger partial charge in [0.25, 0.3) is 11.8 Å². The van der Waals surface area contributed by atoms with Crippen LogP contribution in [0.15, 0.2) is 54.1 Å². The molecule has 2 aromatic carbocycles. The molecule has 1 N–H and O–H groups in total. The van der Waals surface area contributed by atoms with E-state index in [1.807, 2.05) is 36.4 Å². The Morgan fingerprint density at radius 2 is 1.60 bits per heavy atom. The third-order valence-corrected chi connectivity index (χ3v) is 11.0. The number of phenolic OH excluding ortho intramolecular Hbond substituents is 1. The number of hydrogen-bond acceptors (Lipinski definition) is 7. The third kappa shape index (κ3) is 3.80. The number of alkyl halides is 3. The summed E-state index contributed by atoms with van der Waals surface area (Å²) < 4.78 is 11.3. The molecule has 2 saturated heterocycles. The van der Waals surface area contributed by atoms with Gasteiger partial charge >= 0.3 is 0 Å². The first kappa shape index (κ1) is 29.0. The lowest BCUT2D eigenvalue weighted by Gasteiger charge is -2.51. The zero-order valence-electron chi connectivity index (χ0n) is 22.7. The fourth-order valence-electron chi connectivity index (χ4n) is 7.27. The average molecular weight is 678 g/mol. The number of amides is 4. The van der Waals surface area contributed by atoms with Crippen LogP contribution in [0.5, 0.6) is 17.2 Å². The minimum absolute atomic E-state index is 0.122. The van der Waals surface area contributed by atoms with Crippen molar-refractivity contribution in [2.45, 2.75) is 35.1 Å². The lowest BCUT2D eigenvalue weighted by Crippen LogP contribution is -2.60. The average Bonchev–Trinajstić information content (AvgIpc) is 3.31. The number of nitrogens with zero attached hydrogens (tertiary/aromatic N) is 2. The Bertz CT molecular complexity index is 1530. The van der Waals surface area contributed by atoms with Gasteiger partial charge in [0.2, 0.25) is 11.8 Å². The molecular weight excluding hydrogens is 651 g/mol. The summed E-state index contributed by atoms with van der Waals surface area (Å²) in [6.45, 7) is 0.122. The normalized spacial score (nSPS) is 32.0. The van der Waals surface area contributed by atoms with Gasteiger partial charge in [-0.15, -0.1) is 23.2 Å². The van der Waals surface area contributed by atoms with Gasteiger partial charge in [-0.3, -0.25) is 29.0 Å². The maximum Gasteiger partial charge on any atom is 0.254 e. The van der Waals surface area contributed by atoms with E-state index >= 15 is 0 Å². The first-order chi connectivity index (χ1) is 20.0. The Morgan fingerprint density at radius 1 is 0.952 bits per heavy atom. The summed E-state index contributed by atoms with van der Waals surface area (Å²) in [4.78, 5) is 53.7. The van der Waals surface area contributed by atoms with Crippen molar-refractivity contribution < 1.29 is 33.8 Å². The standard InChI is InChI=1S/C30H27BrCl2N2O7/c1-41-20-10-16(36)11-21(42-2)23(20)24-17-8-9-18-22(26(38)34(25(18)37)13-15-6-4-3-5-7-15)19(17)12-29(32)27(39)35(14-31)28(40)30(24,29)33/h3-8,10-11,18-19,22,24,36H,9,12-14H2,1-2H3. The van der Waals surface area contributed by atoms with Crippen LogP contribution in [0, 0.1) is 17.8 Å². The maximum atomic E-state index is 14.0. The zero-order chi connectivity index (χ0) is 30.1. The highest BCUT2D eigenvalue weighted by molar-refractivity contribution is 9.09. The largest absolute Gasteiger partial charge is 0.508 e. The number of rotatable bonds is 6. The Labute approximate surface area is 260 Å². The van der Waals surface area contributed by atoms with E-state index in [0.29, 0.717) is 11.1 Å². The molecule has 3 fully saturated rings. The Balaban J connectivity index is 1.54. The summed E-state index contributed by atoms with van der Waals surface area (Å²) in [5, 5.41) is 10.4. The lowest BCUT2D eigenvalue weighted by atomic mass is 9.56. The van der Waals surface area contributed by atoms with E-state index in [4.69, 9.17) is 32.7 Å². The molecule has 0 bridgehead atoms. The van der Waals surface area contributed by atoms with E-state index in [2.05, 4.69) is 15.9 Å². The molecule has 2 heterocycles. The predicted octanol–water partition coefficient (Wildman–Crippen LogP) is 4.32. The van der Waals surface area contributed by atoms with Crippen LogP contribution in [0.2, 0.25) is 0 Å². The molecule has 0 radical (unpaired) electrons. The molecule has 6 rings (SSSR count). The number of ether oxygens (including phenoxy) is 2. The molecule has 4 aliphatic rings. The predicted molar refractivity (Wildman–Crippen MR) is 157 cm³/mol. The summed E-state index contributed by atoms with van der Waals surface area (Å²) in [6.07, 6.45) is 1.95. The van der Waals surface area contributed by atoms with Crippen molar-refractivity contribution in [2.24, 2.45) is 17.8 Å². The van der Waals surface area contributed by atoms with Gasteiger partial charge in [0.1, 0.15) is 17.2 Å².